The van der Waals surface area contributed by atoms with E-state index in [9.17, 15) is 32.8 Å². The van der Waals surface area contributed by atoms with Crippen molar-refractivity contribution in [1.82, 2.24) is 20.9 Å². The number of methoxy groups -OCH3 is 1. The van der Waals surface area contributed by atoms with Crippen molar-refractivity contribution in [2.75, 3.05) is 20.3 Å². The van der Waals surface area contributed by atoms with Crippen molar-refractivity contribution in [3.05, 3.63) is 65.4 Å². The maximum absolute atomic E-state index is 14.0. The Bertz CT molecular complexity index is 1550. The third-order valence-electron chi connectivity index (χ3n) is 7.32. The fourth-order valence-corrected chi connectivity index (χ4v) is 5.07. The SMILES string of the molecule is COc1cccc2[nH]c(C(=O)N[C@@H](CC(C)C)C(=O)N[C@@H](C[C@@H]3CCNC3=O)C(=O)COC(=O)c3c(F)cccc3F)cc12. The van der Waals surface area contributed by atoms with Gasteiger partial charge in [-0.15, -0.1) is 0 Å². The summed E-state index contributed by atoms with van der Waals surface area (Å²) in [6, 6.07) is 7.35. The highest BCUT2D eigenvalue weighted by molar-refractivity contribution is 6.02. The number of Topliss-reactive ketones (excluding diaryl/α,β-unsaturated/α-hetero) is 1. The molecule has 3 atom stereocenters. The maximum Gasteiger partial charge on any atom is 0.344 e. The minimum Gasteiger partial charge on any atom is -0.496 e. The molecule has 11 nitrogen and oxygen atoms in total. The van der Waals surface area contributed by atoms with E-state index in [4.69, 9.17) is 9.47 Å². The maximum atomic E-state index is 14.0. The number of amides is 3. The van der Waals surface area contributed by atoms with Gasteiger partial charge in [-0.05, 0) is 55.5 Å². The number of esters is 1. The van der Waals surface area contributed by atoms with Gasteiger partial charge in [-0.1, -0.05) is 26.0 Å². The van der Waals surface area contributed by atoms with E-state index >= 15 is 0 Å². The zero-order valence-corrected chi connectivity index (χ0v) is 24.5. The van der Waals surface area contributed by atoms with Gasteiger partial charge in [0.2, 0.25) is 11.8 Å². The number of rotatable bonds is 13. The summed E-state index contributed by atoms with van der Waals surface area (Å²) in [5, 5.41) is 8.65. The van der Waals surface area contributed by atoms with Crippen LogP contribution >= 0.6 is 0 Å². The molecule has 3 aromatic rings. The summed E-state index contributed by atoms with van der Waals surface area (Å²) in [5.41, 5.74) is -0.108. The summed E-state index contributed by atoms with van der Waals surface area (Å²) in [6.45, 7) is 3.19. The molecule has 0 bridgehead atoms. The number of hydrogen-bond acceptors (Lipinski definition) is 7. The number of H-pyrrole nitrogens is 1. The molecule has 1 aliphatic heterocycles. The lowest BCUT2D eigenvalue weighted by Crippen LogP contribution is -2.53. The predicted molar refractivity (Wildman–Crippen MR) is 155 cm³/mol. The van der Waals surface area contributed by atoms with E-state index in [2.05, 4.69) is 20.9 Å². The molecule has 0 saturated carbocycles. The number of carbonyl (C=O) groups excluding carboxylic acids is 5. The van der Waals surface area contributed by atoms with Gasteiger partial charge in [-0.25, -0.2) is 13.6 Å². The fraction of sp³-hybridized carbons (Fsp3) is 0.387. The Hall–Kier alpha value is -4.81. The summed E-state index contributed by atoms with van der Waals surface area (Å²) in [4.78, 5) is 67.6. The lowest BCUT2D eigenvalue weighted by atomic mass is 9.95. The minimum atomic E-state index is -1.39. The van der Waals surface area contributed by atoms with Gasteiger partial charge >= 0.3 is 5.97 Å². The highest BCUT2D eigenvalue weighted by Gasteiger charge is 2.34. The zero-order valence-electron chi connectivity index (χ0n) is 24.5. The van der Waals surface area contributed by atoms with E-state index in [1.165, 1.54) is 7.11 Å². The first-order valence-electron chi connectivity index (χ1n) is 14.2. The normalized spacial score (nSPS) is 15.9. The number of aromatic nitrogens is 1. The van der Waals surface area contributed by atoms with Gasteiger partial charge in [0.25, 0.3) is 5.91 Å². The van der Waals surface area contributed by atoms with Crippen LogP contribution in [0.25, 0.3) is 10.9 Å². The Morgan fingerprint density at radius 2 is 1.73 bits per heavy atom. The number of aromatic amines is 1. The Kier molecular flexibility index (Phi) is 10.3. The molecular formula is C31H34F2N4O7. The number of benzene rings is 2. The smallest absolute Gasteiger partial charge is 0.344 e. The number of hydrogen-bond donors (Lipinski definition) is 4. The first-order valence-corrected chi connectivity index (χ1v) is 14.2. The average Bonchev–Trinajstić information content (AvgIpc) is 3.60. The molecule has 4 rings (SSSR count). The molecule has 1 aliphatic rings. The number of ether oxygens (including phenoxy) is 2. The minimum absolute atomic E-state index is 0.0414. The Balaban J connectivity index is 1.50. The molecule has 0 aliphatic carbocycles. The van der Waals surface area contributed by atoms with Crippen LogP contribution in [0.3, 0.4) is 0 Å². The third-order valence-corrected chi connectivity index (χ3v) is 7.32. The van der Waals surface area contributed by atoms with Crippen LogP contribution in [0.5, 0.6) is 5.75 Å². The lowest BCUT2D eigenvalue weighted by Gasteiger charge is -2.25. The number of carbonyl (C=O) groups is 5. The van der Waals surface area contributed by atoms with E-state index in [-0.39, 0.29) is 30.4 Å². The molecule has 1 aromatic heterocycles. The summed E-state index contributed by atoms with van der Waals surface area (Å²) in [6.07, 6.45) is 0.522. The monoisotopic (exact) mass is 612 g/mol. The number of halogens is 2. The van der Waals surface area contributed by atoms with E-state index < -0.39 is 65.4 Å². The quantitative estimate of drug-likeness (QED) is 0.216. The van der Waals surface area contributed by atoms with E-state index in [1.807, 2.05) is 13.8 Å². The molecular weight excluding hydrogens is 578 g/mol. The lowest BCUT2D eigenvalue weighted by molar-refractivity contribution is -0.131. The summed E-state index contributed by atoms with van der Waals surface area (Å²) >= 11 is 0. The van der Waals surface area contributed by atoms with Crippen LogP contribution in [0.15, 0.2) is 42.5 Å². The largest absolute Gasteiger partial charge is 0.496 e. The van der Waals surface area contributed by atoms with Crippen molar-refractivity contribution in [3.63, 3.8) is 0 Å². The van der Waals surface area contributed by atoms with Crippen molar-refractivity contribution < 1.29 is 42.2 Å². The molecule has 2 heterocycles. The van der Waals surface area contributed by atoms with Crippen LogP contribution < -0.4 is 20.7 Å². The first kappa shape index (κ1) is 32.1. The van der Waals surface area contributed by atoms with Gasteiger partial charge in [-0.3, -0.25) is 19.2 Å². The second-order valence-electron chi connectivity index (χ2n) is 11.0. The van der Waals surface area contributed by atoms with Gasteiger partial charge in [0.05, 0.1) is 13.2 Å². The molecule has 13 heteroatoms. The molecule has 44 heavy (non-hydrogen) atoms. The molecule has 0 unspecified atom stereocenters. The van der Waals surface area contributed by atoms with E-state index in [0.717, 1.165) is 18.2 Å². The second kappa shape index (κ2) is 14.1. The van der Waals surface area contributed by atoms with Gasteiger partial charge in [0, 0.05) is 23.4 Å². The number of fused-ring (bicyclic) bond motifs is 1. The standard InChI is InChI=1S/C31H34F2N4O7/c1-16(2)12-23(37-30(41)24-14-18-21(35-24)8-5-9-26(18)43-3)29(40)36-22(13-17-10-11-34-28(17)39)25(38)15-44-31(42)27-19(32)6-4-7-20(27)33/h4-9,14,16-17,22-23,35H,10-13,15H2,1-3H3,(H,34,39)(H,36,40)(H,37,41)/t17-,22-,23-/m0/s1. The topological polar surface area (TPSA) is 156 Å². The molecule has 2 aromatic carbocycles. The van der Waals surface area contributed by atoms with Crippen molar-refractivity contribution in [2.45, 2.75) is 45.2 Å². The van der Waals surface area contributed by atoms with Crippen molar-refractivity contribution in [3.8, 4) is 5.75 Å². The first-order chi connectivity index (χ1) is 21.0. The number of nitrogens with one attached hydrogen (secondary N) is 4. The van der Waals surface area contributed by atoms with Gasteiger partial charge in [0.1, 0.15) is 34.7 Å². The second-order valence-corrected chi connectivity index (χ2v) is 11.0. The van der Waals surface area contributed by atoms with E-state index in [0.29, 0.717) is 29.6 Å². The molecule has 4 N–H and O–H groups in total. The highest BCUT2D eigenvalue weighted by Crippen LogP contribution is 2.26. The van der Waals surface area contributed by atoms with Crippen LogP contribution in [0.1, 0.15) is 54.0 Å². The number of ketones is 1. The summed E-state index contributed by atoms with van der Waals surface area (Å²) in [5.74, 6) is -6.14. The Morgan fingerprint density at radius 3 is 2.36 bits per heavy atom. The molecule has 234 valence electrons. The van der Waals surface area contributed by atoms with Crippen molar-refractivity contribution >= 4 is 40.4 Å². The molecule has 0 spiro atoms. The predicted octanol–water partition coefficient (Wildman–Crippen LogP) is 3.04. The van der Waals surface area contributed by atoms with Crippen molar-refractivity contribution in [2.24, 2.45) is 11.8 Å². The summed E-state index contributed by atoms with van der Waals surface area (Å²) in [7, 11) is 1.51. The highest BCUT2D eigenvalue weighted by atomic mass is 19.1. The van der Waals surface area contributed by atoms with Gasteiger partial charge in [-0.2, -0.15) is 0 Å². The van der Waals surface area contributed by atoms with Crippen molar-refractivity contribution in [1.29, 1.82) is 0 Å². The molecule has 0 radical (unpaired) electrons. The van der Waals surface area contributed by atoms with Crippen LogP contribution in [0.4, 0.5) is 8.78 Å². The van der Waals surface area contributed by atoms with Gasteiger partial charge < -0.3 is 30.4 Å². The van der Waals surface area contributed by atoms with Crippen LogP contribution in [0.2, 0.25) is 0 Å². The Morgan fingerprint density at radius 1 is 1.02 bits per heavy atom. The average molecular weight is 613 g/mol. The van der Waals surface area contributed by atoms with E-state index in [1.54, 1.807) is 24.3 Å². The van der Waals surface area contributed by atoms with Gasteiger partial charge in [0.15, 0.2) is 12.4 Å². The summed E-state index contributed by atoms with van der Waals surface area (Å²) < 4.78 is 38.3. The Labute approximate surface area is 252 Å². The molecule has 1 saturated heterocycles. The molecule has 3 amide bonds. The van der Waals surface area contributed by atoms with Crippen LogP contribution in [-0.4, -0.2) is 66.8 Å². The fourth-order valence-electron chi connectivity index (χ4n) is 5.07. The van der Waals surface area contributed by atoms with Crippen LogP contribution in [0, 0.1) is 23.5 Å². The van der Waals surface area contributed by atoms with Crippen LogP contribution in [-0.2, 0) is 19.1 Å². The third kappa shape index (κ3) is 7.57. The molecule has 1 fully saturated rings. The zero-order chi connectivity index (χ0) is 32.0.